The van der Waals surface area contributed by atoms with E-state index in [0.29, 0.717) is 12.4 Å². The van der Waals surface area contributed by atoms with E-state index >= 15 is 0 Å². The van der Waals surface area contributed by atoms with E-state index in [1.54, 1.807) is 44.3 Å². The lowest BCUT2D eigenvalue weighted by atomic mass is 10.1. The Balaban J connectivity index is 1.66. The molecule has 0 aromatic heterocycles. The van der Waals surface area contributed by atoms with E-state index in [1.807, 2.05) is 30.3 Å². The maximum absolute atomic E-state index is 12.4. The van der Waals surface area contributed by atoms with Crippen LogP contribution in [0.4, 0.5) is 0 Å². The Kier molecular flexibility index (Phi) is 5.32. The van der Waals surface area contributed by atoms with Gasteiger partial charge in [0.25, 0.3) is 0 Å². The molecule has 0 saturated heterocycles. The number of hydrogen-bond acceptors (Lipinski definition) is 6. The standard InChI is InChI=1S/C20H23N3O4/c1-20(12-18(25)21-13-14-6-4-8-16(24)10-14)22-19(23(2)27-20)15-7-5-9-17(11-15)26-3/h4-11,24H,12-13H2,1-3H3,(H,21,25). The molecule has 7 heteroatoms. The summed E-state index contributed by atoms with van der Waals surface area (Å²) in [6.45, 7) is 2.09. The Bertz CT molecular complexity index is 868. The van der Waals surface area contributed by atoms with Crippen LogP contribution in [0, 0.1) is 0 Å². The maximum atomic E-state index is 12.4. The van der Waals surface area contributed by atoms with Crippen molar-refractivity contribution >= 4 is 11.7 Å². The Morgan fingerprint density at radius 2 is 2.07 bits per heavy atom. The molecule has 7 nitrogen and oxygen atoms in total. The van der Waals surface area contributed by atoms with Gasteiger partial charge in [0.1, 0.15) is 11.5 Å². The number of amidine groups is 1. The van der Waals surface area contributed by atoms with Gasteiger partial charge in [-0.2, -0.15) is 0 Å². The van der Waals surface area contributed by atoms with Crippen LogP contribution in [-0.4, -0.2) is 41.8 Å². The molecule has 0 bridgehead atoms. The molecule has 1 amide bonds. The number of hydroxylamine groups is 2. The number of aliphatic imine (C=N–C) groups is 1. The van der Waals surface area contributed by atoms with E-state index in [9.17, 15) is 9.90 Å². The van der Waals surface area contributed by atoms with E-state index in [1.165, 1.54) is 0 Å². The number of methoxy groups -OCH3 is 1. The second-order valence-corrected chi connectivity index (χ2v) is 6.55. The van der Waals surface area contributed by atoms with Crippen LogP contribution >= 0.6 is 0 Å². The van der Waals surface area contributed by atoms with Gasteiger partial charge in [0, 0.05) is 19.2 Å². The Morgan fingerprint density at radius 1 is 1.30 bits per heavy atom. The number of phenolic OH excluding ortho intramolecular Hbond substituents is 1. The van der Waals surface area contributed by atoms with Crippen LogP contribution in [0.3, 0.4) is 0 Å². The van der Waals surface area contributed by atoms with Crippen molar-refractivity contribution in [2.24, 2.45) is 4.99 Å². The van der Waals surface area contributed by atoms with Gasteiger partial charge in [0.05, 0.1) is 13.5 Å². The molecule has 0 radical (unpaired) electrons. The summed E-state index contributed by atoms with van der Waals surface area (Å²) in [5.74, 6) is 1.34. The Hall–Kier alpha value is -3.06. The van der Waals surface area contributed by atoms with Crippen LogP contribution in [-0.2, 0) is 16.2 Å². The zero-order valence-electron chi connectivity index (χ0n) is 15.6. The van der Waals surface area contributed by atoms with Crippen molar-refractivity contribution in [3.63, 3.8) is 0 Å². The molecule has 2 N–H and O–H groups in total. The molecule has 1 unspecified atom stereocenters. The molecule has 0 saturated carbocycles. The van der Waals surface area contributed by atoms with Crippen molar-refractivity contribution in [1.82, 2.24) is 10.4 Å². The highest BCUT2D eigenvalue weighted by Gasteiger charge is 2.37. The summed E-state index contributed by atoms with van der Waals surface area (Å²) in [6.07, 6.45) is 0.0730. The number of nitrogens with zero attached hydrogens (tertiary/aromatic N) is 2. The summed E-state index contributed by atoms with van der Waals surface area (Å²) in [4.78, 5) is 22.8. The molecule has 2 aromatic carbocycles. The van der Waals surface area contributed by atoms with Crippen molar-refractivity contribution in [2.75, 3.05) is 14.2 Å². The first-order valence-corrected chi connectivity index (χ1v) is 8.60. The summed E-state index contributed by atoms with van der Waals surface area (Å²) in [7, 11) is 3.37. The quantitative estimate of drug-likeness (QED) is 0.817. The largest absolute Gasteiger partial charge is 0.508 e. The van der Waals surface area contributed by atoms with Gasteiger partial charge in [0.15, 0.2) is 11.6 Å². The minimum Gasteiger partial charge on any atom is -0.508 e. The third-order valence-electron chi connectivity index (χ3n) is 4.19. The Morgan fingerprint density at radius 3 is 2.81 bits per heavy atom. The van der Waals surface area contributed by atoms with E-state index in [2.05, 4.69) is 10.3 Å². The van der Waals surface area contributed by atoms with Crippen molar-refractivity contribution in [3.05, 3.63) is 59.7 Å². The number of nitrogens with one attached hydrogen (secondary N) is 1. The van der Waals surface area contributed by atoms with Crippen LogP contribution in [0.2, 0.25) is 0 Å². The number of ether oxygens (including phenoxy) is 1. The molecule has 0 spiro atoms. The number of amides is 1. The summed E-state index contributed by atoms with van der Waals surface area (Å²) in [6, 6.07) is 14.3. The lowest BCUT2D eigenvalue weighted by Crippen LogP contribution is -2.35. The number of carbonyl (C=O) groups excluding carboxylic acids is 1. The second kappa shape index (κ2) is 7.67. The molecular weight excluding hydrogens is 346 g/mol. The summed E-state index contributed by atoms with van der Waals surface area (Å²) in [5, 5.41) is 13.9. The maximum Gasteiger partial charge on any atom is 0.225 e. The van der Waals surface area contributed by atoms with Crippen molar-refractivity contribution in [2.45, 2.75) is 25.6 Å². The van der Waals surface area contributed by atoms with E-state index in [0.717, 1.165) is 16.9 Å². The molecule has 3 rings (SSSR count). The predicted molar refractivity (Wildman–Crippen MR) is 101 cm³/mol. The summed E-state index contributed by atoms with van der Waals surface area (Å²) >= 11 is 0. The monoisotopic (exact) mass is 369 g/mol. The first-order chi connectivity index (χ1) is 12.9. The van der Waals surface area contributed by atoms with Gasteiger partial charge < -0.3 is 15.2 Å². The number of phenols is 1. The molecule has 27 heavy (non-hydrogen) atoms. The number of rotatable bonds is 6. The number of aromatic hydroxyl groups is 1. The molecule has 1 atom stereocenters. The molecule has 1 aliphatic heterocycles. The van der Waals surface area contributed by atoms with Gasteiger partial charge in [-0.3, -0.25) is 4.79 Å². The van der Waals surface area contributed by atoms with Crippen LogP contribution in [0.25, 0.3) is 0 Å². The minimum absolute atomic E-state index is 0.0730. The number of hydrogen-bond donors (Lipinski definition) is 2. The third-order valence-corrected chi connectivity index (χ3v) is 4.19. The molecule has 0 fully saturated rings. The number of benzene rings is 2. The SMILES string of the molecule is COc1cccc(C2=NC(C)(CC(=O)NCc3cccc(O)c3)ON2C)c1. The van der Waals surface area contributed by atoms with Gasteiger partial charge in [-0.1, -0.05) is 24.3 Å². The fraction of sp³-hybridized carbons (Fsp3) is 0.300. The Labute approximate surface area is 158 Å². The fourth-order valence-corrected chi connectivity index (χ4v) is 2.96. The molecule has 2 aromatic rings. The fourth-order valence-electron chi connectivity index (χ4n) is 2.96. The highest BCUT2D eigenvalue weighted by atomic mass is 16.7. The van der Waals surface area contributed by atoms with Gasteiger partial charge in [-0.05, 0) is 36.8 Å². The van der Waals surface area contributed by atoms with Gasteiger partial charge in [-0.25, -0.2) is 14.9 Å². The summed E-state index contributed by atoms with van der Waals surface area (Å²) < 4.78 is 5.25. The van der Waals surface area contributed by atoms with Gasteiger partial charge in [0.2, 0.25) is 5.91 Å². The first-order valence-electron chi connectivity index (χ1n) is 8.60. The van der Waals surface area contributed by atoms with E-state index < -0.39 is 5.72 Å². The molecular formula is C20H23N3O4. The summed E-state index contributed by atoms with van der Waals surface area (Å²) in [5.41, 5.74) is 0.676. The molecule has 142 valence electrons. The molecule has 1 heterocycles. The van der Waals surface area contributed by atoms with Crippen molar-refractivity contribution in [3.8, 4) is 11.5 Å². The third kappa shape index (κ3) is 4.57. The highest BCUT2D eigenvalue weighted by molar-refractivity contribution is 5.99. The van der Waals surface area contributed by atoms with Gasteiger partial charge in [-0.15, -0.1) is 0 Å². The van der Waals surface area contributed by atoms with Crippen LogP contribution < -0.4 is 10.1 Å². The second-order valence-electron chi connectivity index (χ2n) is 6.55. The lowest BCUT2D eigenvalue weighted by Gasteiger charge is -2.21. The zero-order valence-corrected chi connectivity index (χ0v) is 15.6. The first kappa shape index (κ1) is 18.7. The molecule has 1 aliphatic rings. The molecule has 0 aliphatic carbocycles. The van der Waals surface area contributed by atoms with E-state index in [-0.39, 0.29) is 18.1 Å². The minimum atomic E-state index is -0.990. The van der Waals surface area contributed by atoms with Gasteiger partial charge >= 0.3 is 0 Å². The average Bonchev–Trinajstić information content (AvgIpc) is 2.94. The van der Waals surface area contributed by atoms with Crippen molar-refractivity contribution in [1.29, 1.82) is 0 Å². The predicted octanol–water partition coefficient (Wildman–Crippen LogP) is 2.45. The topological polar surface area (TPSA) is 83.4 Å². The normalized spacial score (nSPS) is 18.9. The van der Waals surface area contributed by atoms with Crippen LogP contribution in [0.15, 0.2) is 53.5 Å². The zero-order chi connectivity index (χ0) is 19.4. The average molecular weight is 369 g/mol. The van der Waals surface area contributed by atoms with Crippen LogP contribution in [0.5, 0.6) is 11.5 Å². The van der Waals surface area contributed by atoms with E-state index in [4.69, 9.17) is 9.57 Å². The van der Waals surface area contributed by atoms with Crippen molar-refractivity contribution < 1.29 is 19.5 Å². The highest BCUT2D eigenvalue weighted by Crippen LogP contribution is 2.28. The number of carbonyl (C=O) groups is 1. The van der Waals surface area contributed by atoms with Crippen LogP contribution in [0.1, 0.15) is 24.5 Å². The lowest BCUT2D eigenvalue weighted by molar-refractivity contribution is -0.166. The smallest absolute Gasteiger partial charge is 0.225 e.